The SMILES string of the molecule is CCCC[C@H](N)c1nncn1C(C)C. The molecule has 0 aliphatic rings. The van der Waals surface area contributed by atoms with Crippen LogP contribution in [0.25, 0.3) is 0 Å². The van der Waals surface area contributed by atoms with Gasteiger partial charge in [-0.2, -0.15) is 0 Å². The van der Waals surface area contributed by atoms with E-state index in [1.807, 2.05) is 4.57 Å². The maximum Gasteiger partial charge on any atom is 0.150 e. The predicted octanol–water partition coefficient (Wildman–Crippen LogP) is 2.05. The minimum absolute atomic E-state index is 0.0276. The van der Waals surface area contributed by atoms with Crippen molar-refractivity contribution in [2.45, 2.75) is 52.1 Å². The molecule has 1 heterocycles. The summed E-state index contributed by atoms with van der Waals surface area (Å²) in [6.45, 7) is 6.39. The van der Waals surface area contributed by atoms with Gasteiger partial charge in [0.25, 0.3) is 0 Å². The van der Waals surface area contributed by atoms with Gasteiger partial charge in [0.1, 0.15) is 12.2 Å². The standard InChI is InChI=1S/C10H20N4/c1-4-5-6-9(11)10-13-12-7-14(10)8(2)3/h7-9H,4-6,11H2,1-3H3/t9-/m0/s1. The molecule has 0 unspecified atom stereocenters. The fraction of sp³-hybridized carbons (Fsp3) is 0.800. The molecule has 4 nitrogen and oxygen atoms in total. The van der Waals surface area contributed by atoms with E-state index in [1.54, 1.807) is 6.33 Å². The van der Waals surface area contributed by atoms with E-state index in [1.165, 1.54) is 6.42 Å². The van der Waals surface area contributed by atoms with Crippen molar-refractivity contribution in [1.29, 1.82) is 0 Å². The quantitative estimate of drug-likeness (QED) is 0.784. The molecule has 0 aliphatic carbocycles. The Morgan fingerprint density at radius 1 is 1.50 bits per heavy atom. The number of nitrogens with two attached hydrogens (primary N) is 1. The second-order valence-corrected chi connectivity index (χ2v) is 3.94. The Kier molecular flexibility index (Phi) is 4.07. The fourth-order valence-electron chi connectivity index (χ4n) is 1.47. The van der Waals surface area contributed by atoms with Crippen molar-refractivity contribution >= 4 is 0 Å². The van der Waals surface area contributed by atoms with Crippen molar-refractivity contribution in [1.82, 2.24) is 14.8 Å². The highest BCUT2D eigenvalue weighted by atomic mass is 15.3. The summed E-state index contributed by atoms with van der Waals surface area (Å²) >= 11 is 0. The minimum atomic E-state index is 0.0276. The molecule has 0 fully saturated rings. The molecule has 1 atom stereocenters. The Bertz CT molecular complexity index is 267. The van der Waals surface area contributed by atoms with Crippen LogP contribution in [0.15, 0.2) is 6.33 Å². The highest BCUT2D eigenvalue weighted by Gasteiger charge is 2.14. The first-order chi connectivity index (χ1) is 6.66. The molecule has 0 amide bonds. The van der Waals surface area contributed by atoms with E-state index in [4.69, 9.17) is 5.73 Å². The van der Waals surface area contributed by atoms with Gasteiger partial charge in [-0.3, -0.25) is 0 Å². The lowest BCUT2D eigenvalue weighted by molar-refractivity contribution is 0.501. The van der Waals surface area contributed by atoms with Crippen LogP contribution in [-0.2, 0) is 0 Å². The van der Waals surface area contributed by atoms with Gasteiger partial charge in [-0.1, -0.05) is 19.8 Å². The average Bonchev–Trinajstić information content (AvgIpc) is 2.62. The molecule has 4 heteroatoms. The number of aromatic nitrogens is 3. The summed E-state index contributed by atoms with van der Waals surface area (Å²) in [6.07, 6.45) is 5.06. The van der Waals surface area contributed by atoms with Gasteiger partial charge in [0.2, 0.25) is 0 Å². The van der Waals surface area contributed by atoms with Crippen molar-refractivity contribution in [3.8, 4) is 0 Å². The van der Waals surface area contributed by atoms with Gasteiger partial charge in [0, 0.05) is 6.04 Å². The van der Waals surface area contributed by atoms with Crippen LogP contribution in [0.5, 0.6) is 0 Å². The van der Waals surface area contributed by atoms with Gasteiger partial charge in [0.05, 0.1) is 6.04 Å². The van der Waals surface area contributed by atoms with Crippen LogP contribution in [0.2, 0.25) is 0 Å². The van der Waals surface area contributed by atoms with E-state index >= 15 is 0 Å². The molecule has 0 aliphatic heterocycles. The first-order valence-electron chi connectivity index (χ1n) is 5.31. The Morgan fingerprint density at radius 2 is 2.21 bits per heavy atom. The molecule has 0 aromatic carbocycles. The Balaban J connectivity index is 2.68. The molecular formula is C10H20N4. The predicted molar refractivity (Wildman–Crippen MR) is 56.9 cm³/mol. The molecule has 0 bridgehead atoms. The van der Waals surface area contributed by atoms with E-state index in [2.05, 4.69) is 31.0 Å². The van der Waals surface area contributed by atoms with Gasteiger partial charge in [-0.25, -0.2) is 0 Å². The van der Waals surface area contributed by atoms with Crippen LogP contribution >= 0.6 is 0 Å². The van der Waals surface area contributed by atoms with Gasteiger partial charge >= 0.3 is 0 Å². The summed E-state index contributed by atoms with van der Waals surface area (Å²) in [5.74, 6) is 0.911. The molecular weight excluding hydrogens is 176 g/mol. The first kappa shape index (κ1) is 11.2. The van der Waals surface area contributed by atoms with Crippen LogP contribution < -0.4 is 5.73 Å². The van der Waals surface area contributed by atoms with E-state index in [-0.39, 0.29) is 6.04 Å². The molecule has 0 saturated heterocycles. The smallest absolute Gasteiger partial charge is 0.150 e. The zero-order valence-electron chi connectivity index (χ0n) is 9.27. The van der Waals surface area contributed by atoms with E-state index in [9.17, 15) is 0 Å². The van der Waals surface area contributed by atoms with Crippen LogP contribution in [0.3, 0.4) is 0 Å². The third-order valence-electron chi connectivity index (χ3n) is 2.36. The normalized spacial score (nSPS) is 13.5. The van der Waals surface area contributed by atoms with Gasteiger partial charge < -0.3 is 10.3 Å². The second-order valence-electron chi connectivity index (χ2n) is 3.94. The van der Waals surface area contributed by atoms with Gasteiger partial charge in [-0.05, 0) is 20.3 Å². The molecule has 1 rings (SSSR count). The third kappa shape index (κ3) is 2.54. The van der Waals surface area contributed by atoms with E-state index in [0.717, 1.165) is 18.7 Å². The molecule has 1 aromatic rings. The van der Waals surface area contributed by atoms with Crippen LogP contribution in [-0.4, -0.2) is 14.8 Å². The second kappa shape index (κ2) is 5.10. The van der Waals surface area contributed by atoms with E-state index in [0.29, 0.717) is 6.04 Å². The van der Waals surface area contributed by atoms with Gasteiger partial charge in [-0.15, -0.1) is 10.2 Å². The van der Waals surface area contributed by atoms with Crippen LogP contribution in [0.1, 0.15) is 57.9 Å². The van der Waals surface area contributed by atoms with E-state index < -0.39 is 0 Å². The molecule has 1 aromatic heterocycles. The minimum Gasteiger partial charge on any atom is -0.321 e. The lowest BCUT2D eigenvalue weighted by Gasteiger charge is -2.14. The molecule has 80 valence electrons. The van der Waals surface area contributed by atoms with Crippen molar-refractivity contribution < 1.29 is 0 Å². The summed E-state index contributed by atoms with van der Waals surface area (Å²) in [5.41, 5.74) is 6.04. The Morgan fingerprint density at radius 3 is 2.79 bits per heavy atom. The largest absolute Gasteiger partial charge is 0.321 e. The zero-order chi connectivity index (χ0) is 10.6. The lowest BCUT2D eigenvalue weighted by atomic mass is 10.1. The summed E-state index contributed by atoms with van der Waals surface area (Å²) in [5, 5.41) is 7.98. The maximum atomic E-state index is 6.04. The topological polar surface area (TPSA) is 56.7 Å². The summed E-state index contributed by atoms with van der Waals surface area (Å²) in [7, 11) is 0. The summed E-state index contributed by atoms with van der Waals surface area (Å²) in [4.78, 5) is 0. The lowest BCUT2D eigenvalue weighted by Crippen LogP contribution is -2.17. The number of hydrogen-bond donors (Lipinski definition) is 1. The first-order valence-corrected chi connectivity index (χ1v) is 5.31. The molecule has 0 radical (unpaired) electrons. The fourth-order valence-corrected chi connectivity index (χ4v) is 1.47. The van der Waals surface area contributed by atoms with Crippen LogP contribution in [0.4, 0.5) is 0 Å². The molecule has 2 N–H and O–H groups in total. The van der Waals surface area contributed by atoms with Crippen molar-refractivity contribution in [2.24, 2.45) is 5.73 Å². The average molecular weight is 196 g/mol. The number of rotatable bonds is 5. The number of unbranched alkanes of at least 4 members (excludes halogenated alkanes) is 1. The maximum absolute atomic E-state index is 6.04. The molecule has 0 spiro atoms. The van der Waals surface area contributed by atoms with Crippen LogP contribution in [0, 0.1) is 0 Å². The molecule has 0 saturated carbocycles. The van der Waals surface area contributed by atoms with Gasteiger partial charge in [0.15, 0.2) is 0 Å². The summed E-state index contributed by atoms with van der Waals surface area (Å²) in [6, 6.07) is 0.410. The number of nitrogens with zero attached hydrogens (tertiary/aromatic N) is 3. The number of hydrogen-bond acceptors (Lipinski definition) is 3. The monoisotopic (exact) mass is 196 g/mol. The highest BCUT2D eigenvalue weighted by molar-refractivity contribution is 4.94. The Labute approximate surface area is 85.5 Å². The van der Waals surface area contributed by atoms with Crippen molar-refractivity contribution in [3.05, 3.63) is 12.2 Å². The van der Waals surface area contributed by atoms with Crippen molar-refractivity contribution in [2.75, 3.05) is 0 Å². The Hall–Kier alpha value is -0.900. The zero-order valence-corrected chi connectivity index (χ0v) is 9.27. The van der Waals surface area contributed by atoms with Crippen molar-refractivity contribution in [3.63, 3.8) is 0 Å². The molecule has 14 heavy (non-hydrogen) atoms. The summed E-state index contributed by atoms with van der Waals surface area (Å²) < 4.78 is 2.04. The highest BCUT2D eigenvalue weighted by Crippen LogP contribution is 2.17. The third-order valence-corrected chi connectivity index (χ3v) is 2.36.